The summed E-state index contributed by atoms with van der Waals surface area (Å²) in [6.07, 6.45) is 1.25. The van der Waals surface area contributed by atoms with Gasteiger partial charge in [-0.1, -0.05) is 12.1 Å². The molecule has 0 fully saturated rings. The average Bonchev–Trinajstić information content (AvgIpc) is 3.12. The Labute approximate surface area is 169 Å². The van der Waals surface area contributed by atoms with Crippen LogP contribution < -0.4 is 5.32 Å². The first-order valence-electron chi connectivity index (χ1n) is 8.30. The fourth-order valence-corrected chi connectivity index (χ4v) is 3.19. The third-order valence-corrected chi connectivity index (χ3v) is 4.60. The van der Waals surface area contributed by atoms with Gasteiger partial charge in [-0.05, 0) is 40.3 Å². The average molecular weight is 485 g/mol. The molecule has 0 bridgehead atoms. The molecule has 0 saturated carbocycles. The lowest BCUT2D eigenvalue weighted by Crippen LogP contribution is -2.28. The van der Waals surface area contributed by atoms with Gasteiger partial charge in [0.05, 0.1) is 26.1 Å². The van der Waals surface area contributed by atoms with E-state index in [1.165, 1.54) is 12.7 Å². The second kappa shape index (κ2) is 9.37. The Morgan fingerprint density at radius 2 is 1.93 bits per heavy atom. The highest BCUT2D eigenvalue weighted by Crippen LogP contribution is 2.22. The van der Waals surface area contributed by atoms with Crippen molar-refractivity contribution in [2.45, 2.75) is 18.9 Å². The summed E-state index contributed by atoms with van der Waals surface area (Å²) in [5.41, 5.74) is 2.12. The summed E-state index contributed by atoms with van der Waals surface area (Å²) in [5, 5.41) is 31.3. The molecule has 3 rings (SSSR count). The van der Waals surface area contributed by atoms with Crippen molar-refractivity contribution in [2.75, 3.05) is 25.1 Å². The Kier molecular flexibility index (Phi) is 6.90. The number of fused-ring (bicyclic) bond motifs is 1. The van der Waals surface area contributed by atoms with Gasteiger partial charge in [-0.2, -0.15) is 0 Å². The van der Waals surface area contributed by atoms with E-state index < -0.39 is 12.3 Å². The Morgan fingerprint density at radius 1 is 1.11 bits per heavy atom. The largest absolute Gasteiger partial charge is 0.394 e. The first-order chi connectivity index (χ1) is 13.2. The van der Waals surface area contributed by atoms with Gasteiger partial charge in [0, 0.05) is 10.1 Å². The number of aromatic nitrogens is 4. The lowest BCUT2D eigenvalue weighted by molar-refractivity contribution is -0.110. The minimum atomic E-state index is -0.835. The van der Waals surface area contributed by atoms with E-state index >= 15 is 0 Å². The van der Waals surface area contributed by atoms with Crippen LogP contribution in [0, 0.1) is 3.57 Å². The van der Waals surface area contributed by atoms with Gasteiger partial charge in [-0.15, -0.1) is 0 Å². The minimum absolute atomic E-state index is 0.364. The van der Waals surface area contributed by atoms with Gasteiger partial charge < -0.3 is 25.4 Å². The van der Waals surface area contributed by atoms with Gasteiger partial charge in [0.2, 0.25) is 0 Å². The molecule has 3 aromatic rings. The molecule has 0 saturated heterocycles. The topological polar surface area (TPSA) is 126 Å². The predicted molar refractivity (Wildman–Crippen MR) is 107 cm³/mol. The number of nitrogens with zero attached hydrogens (tertiary/aromatic N) is 4. The molecule has 2 heterocycles. The molecule has 0 aliphatic carbocycles. The Bertz CT molecular complexity index is 887. The number of rotatable bonds is 9. The third-order valence-electron chi connectivity index (χ3n) is 3.93. The second-order valence-electron chi connectivity index (χ2n) is 5.79. The predicted octanol–water partition coefficient (Wildman–Crippen LogP) is 0.904. The lowest BCUT2D eigenvalue weighted by atomic mass is 10.2. The number of anilines is 1. The highest BCUT2D eigenvalue weighted by Gasteiger charge is 2.20. The van der Waals surface area contributed by atoms with E-state index in [4.69, 9.17) is 4.74 Å². The van der Waals surface area contributed by atoms with Crippen molar-refractivity contribution in [3.63, 3.8) is 0 Å². The summed E-state index contributed by atoms with van der Waals surface area (Å²) in [4.78, 5) is 12.8. The van der Waals surface area contributed by atoms with Crippen LogP contribution in [-0.2, 0) is 11.3 Å². The molecular formula is C17H20IN5O4. The highest BCUT2D eigenvalue weighted by atomic mass is 127. The number of benzene rings is 1. The van der Waals surface area contributed by atoms with Crippen molar-refractivity contribution in [3.8, 4) is 0 Å². The van der Waals surface area contributed by atoms with Crippen molar-refractivity contribution >= 4 is 39.6 Å². The van der Waals surface area contributed by atoms with Crippen LogP contribution in [0.3, 0.4) is 0 Å². The number of hydrogen-bond acceptors (Lipinski definition) is 8. The molecule has 0 amide bonds. The second-order valence-corrected chi connectivity index (χ2v) is 7.04. The van der Waals surface area contributed by atoms with Gasteiger partial charge >= 0.3 is 0 Å². The van der Waals surface area contributed by atoms with Crippen LogP contribution in [0.25, 0.3) is 11.2 Å². The number of halogens is 1. The van der Waals surface area contributed by atoms with E-state index in [0.717, 1.165) is 9.13 Å². The van der Waals surface area contributed by atoms with Crippen molar-refractivity contribution in [3.05, 3.63) is 46.1 Å². The van der Waals surface area contributed by atoms with Crippen LogP contribution in [0.2, 0.25) is 0 Å². The van der Waals surface area contributed by atoms with Gasteiger partial charge in [0.1, 0.15) is 12.4 Å². The van der Waals surface area contributed by atoms with Crippen molar-refractivity contribution in [1.29, 1.82) is 0 Å². The molecule has 27 heavy (non-hydrogen) atoms. The molecule has 9 nitrogen and oxygen atoms in total. The maximum absolute atomic E-state index is 9.65. The van der Waals surface area contributed by atoms with Crippen LogP contribution in [0.4, 0.5) is 5.82 Å². The number of ether oxygens (including phenoxy) is 1. The van der Waals surface area contributed by atoms with Gasteiger partial charge in [-0.3, -0.25) is 4.57 Å². The zero-order valence-corrected chi connectivity index (χ0v) is 16.5. The molecule has 1 atom stereocenters. The lowest BCUT2D eigenvalue weighted by Gasteiger charge is -2.22. The Hall–Kier alpha value is -1.86. The molecular weight excluding hydrogens is 465 g/mol. The van der Waals surface area contributed by atoms with E-state index in [2.05, 4.69) is 48.9 Å². The quantitative estimate of drug-likeness (QED) is 0.330. The van der Waals surface area contributed by atoms with Gasteiger partial charge in [0.15, 0.2) is 23.2 Å². The van der Waals surface area contributed by atoms with Crippen LogP contribution >= 0.6 is 22.6 Å². The van der Waals surface area contributed by atoms with Gasteiger partial charge in [-0.25, -0.2) is 15.0 Å². The molecule has 4 N–H and O–H groups in total. The summed E-state index contributed by atoms with van der Waals surface area (Å²) in [7, 11) is 0. The zero-order chi connectivity index (χ0) is 19.2. The minimum Gasteiger partial charge on any atom is -0.394 e. The van der Waals surface area contributed by atoms with Crippen LogP contribution in [0.15, 0.2) is 36.9 Å². The fourth-order valence-electron chi connectivity index (χ4n) is 2.59. The summed E-state index contributed by atoms with van der Waals surface area (Å²) >= 11 is 2.26. The number of aliphatic hydroxyl groups excluding tert-OH is 3. The van der Waals surface area contributed by atoms with Gasteiger partial charge in [0.25, 0.3) is 0 Å². The molecule has 0 spiro atoms. The third kappa shape index (κ3) is 4.71. The Balaban J connectivity index is 1.83. The van der Waals surface area contributed by atoms with Crippen LogP contribution in [-0.4, -0.2) is 60.8 Å². The van der Waals surface area contributed by atoms with Crippen LogP contribution in [0.1, 0.15) is 11.8 Å². The number of aliphatic hydroxyl groups is 3. The summed E-state index contributed by atoms with van der Waals surface area (Å²) in [6, 6.07) is 8.11. The maximum Gasteiger partial charge on any atom is 0.167 e. The van der Waals surface area contributed by atoms with Crippen LogP contribution in [0.5, 0.6) is 0 Å². The first-order valence-corrected chi connectivity index (χ1v) is 9.38. The fraction of sp³-hybridized carbons (Fsp3) is 0.353. The van der Waals surface area contributed by atoms with E-state index in [1.807, 2.05) is 18.2 Å². The van der Waals surface area contributed by atoms with Crippen molar-refractivity contribution in [2.24, 2.45) is 0 Å². The number of imidazole rings is 1. The standard InChI is InChI=1S/C17H20IN5O4/c18-12-3-1-2-11(4-12)5-19-16-15-17(21-9-20-16)23(10-22-15)14(8-26)27-13(6-24)7-25/h1-4,9-10,13-14,24-26H,5-8H2,(H,19,20,21)/t14-/m1/s1. The van der Waals surface area contributed by atoms with E-state index in [9.17, 15) is 15.3 Å². The smallest absolute Gasteiger partial charge is 0.167 e. The van der Waals surface area contributed by atoms with Crippen molar-refractivity contribution in [1.82, 2.24) is 19.5 Å². The Morgan fingerprint density at radius 3 is 2.63 bits per heavy atom. The van der Waals surface area contributed by atoms with E-state index in [1.54, 1.807) is 4.57 Å². The molecule has 144 valence electrons. The van der Waals surface area contributed by atoms with Crippen molar-refractivity contribution < 1.29 is 20.1 Å². The number of hydrogen-bond donors (Lipinski definition) is 4. The monoisotopic (exact) mass is 485 g/mol. The summed E-state index contributed by atoms with van der Waals surface area (Å²) < 4.78 is 8.22. The molecule has 2 aromatic heterocycles. The molecule has 10 heteroatoms. The van der Waals surface area contributed by atoms with E-state index in [-0.39, 0.29) is 19.8 Å². The first kappa shape index (κ1) is 19.9. The normalized spacial score (nSPS) is 12.6. The molecule has 0 unspecified atom stereocenters. The molecule has 1 aromatic carbocycles. The highest BCUT2D eigenvalue weighted by molar-refractivity contribution is 14.1. The maximum atomic E-state index is 9.65. The summed E-state index contributed by atoms with van der Waals surface area (Å²) in [5.74, 6) is 0.565. The number of nitrogens with one attached hydrogen (secondary N) is 1. The summed E-state index contributed by atoms with van der Waals surface area (Å²) in [6.45, 7) is -0.515. The SMILES string of the molecule is OCC(CO)O[C@H](CO)n1cnc2c(NCc3cccc(I)c3)ncnc21. The molecule has 0 radical (unpaired) electrons. The molecule has 0 aliphatic heterocycles. The van der Waals surface area contributed by atoms with E-state index in [0.29, 0.717) is 23.5 Å². The zero-order valence-electron chi connectivity index (χ0n) is 14.4. The molecule has 0 aliphatic rings.